The summed E-state index contributed by atoms with van der Waals surface area (Å²) in [5.74, 6) is 0.130. The maximum Gasteiger partial charge on any atom is 0.224 e. The number of hydrogen-bond donors (Lipinski definition) is 1. The molecule has 0 saturated carbocycles. The lowest BCUT2D eigenvalue weighted by atomic mass is 10.1. The van der Waals surface area contributed by atoms with Crippen molar-refractivity contribution in [2.24, 2.45) is 0 Å². The molecule has 1 heterocycles. The van der Waals surface area contributed by atoms with Gasteiger partial charge in [0, 0.05) is 25.1 Å². The predicted molar refractivity (Wildman–Crippen MR) is 82.1 cm³/mol. The third-order valence-corrected chi connectivity index (χ3v) is 3.36. The summed E-state index contributed by atoms with van der Waals surface area (Å²) in [6, 6.07) is 11.8. The second kappa shape index (κ2) is 5.97. The number of rotatable bonds is 4. The van der Waals surface area contributed by atoms with Gasteiger partial charge in [0.1, 0.15) is 11.3 Å². The molecule has 1 aromatic heterocycles. The van der Waals surface area contributed by atoms with E-state index in [1.165, 1.54) is 6.07 Å². The zero-order valence-electron chi connectivity index (χ0n) is 12.1. The van der Waals surface area contributed by atoms with E-state index in [4.69, 9.17) is 4.42 Å². The molecule has 0 aliphatic heterocycles. The smallest absolute Gasteiger partial charge is 0.224 e. The first kappa shape index (κ1) is 14.3. The maximum atomic E-state index is 13.5. The molecule has 0 radical (unpaired) electrons. The number of fused-ring (bicyclic) bond motifs is 1. The molecule has 0 bridgehead atoms. The highest BCUT2D eigenvalue weighted by atomic mass is 19.1. The largest absolute Gasteiger partial charge is 0.441 e. The average Bonchev–Trinajstić information content (AvgIpc) is 2.86. The minimum Gasteiger partial charge on any atom is -0.441 e. The predicted octanol–water partition coefficient (Wildman–Crippen LogP) is 3.85. The highest BCUT2D eigenvalue weighted by Gasteiger charge is 2.08. The van der Waals surface area contributed by atoms with E-state index in [2.05, 4.69) is 10.3 Å². The van der Waals surface area contributed by atoms with Crippen LogP contribution in [0.1, 0.15) is 17.9 Å². The molecule has 2 aromatic carbocycles. The first-order valence-electron chi connectivity index (χ1n) is 7.02. The van der Waals surface area contributed by atoms with Crippen molar-refractivity contribution in [1.82, 2.24) is 4.98 Å². The van der Waals surface area contributed by atoms with E-state index in [9.17, 15) is 9.18 Å². The number of aryl methyl sites for hydroxylation is 2. The number of amides is 1. The van der Waals surface area contributed by atoms with Gasteiger partial charge < -0.3 is 9.73 Å². The standard InChI is InChI=1S/C17H15FN2O2/c1-11-19-15-8-7-13(10-16(15)22-11)20-17(21)9-6-12-4-2-3-5-14(12)18/h2-5,7-8,10H,6,9H2,1H3,(H,20,21). The molecule has 0 atom stereocenters. The monoisotopic (exact) mass is 298 g/mol. The third kappa shape index (κ3) is 3.14. The Morgan fingerprint density at radius 1 is 1.27 bits per heavy atom. The third-order valence-electron chi connectivity index (χ3n) is 3.36. The summed E-state index contributed by atoms with van der Waals surface area (Å²) in [6.07, 6.45) is 0.580. The maximum absolute atomic E-state index is 13.5. The Kier molecular flexibility index (Phi) is 3.87. The van der Waals surface area contributed by atoms with Gasteiger partial charge in [-0.25, -0.2) is 9.37 Å². The lowest BCUT2D eigenvalue weighted by Crippen LogP contribution is -2.12. The summed E-state index contributed by atoms with van der Waals surface area (Å²) in [4.78, 5) is 16.2. The zero-order valence-corrected chi connectivity index (χ0v) is 12.1. The minimum absolute atomic E-state index is 0.168. The summed E-state index contributed by atoms with van der Waals surface area (Å²) in [5.41, 5.74) is 2.56. The molecular weight excluding hydrogens is 283 g/mol. The van der Waals surface area contributed by atoms with Gasteiger partial charge in [0.05, 0.1) is 0 Å². The van der Waals surface area contributed by atoms with Gasteiger partial charge in [0.2, 0.25) is 5.91 Å². The number of oxazole rings is 1. The normalized spacial score (nSPS) is 10.8. The molecule has 0 unspecified atom stereocenters. The van der Waals surface area contributed by atoms with E-state index in [1.807, 2.05) is 0 Å². The Morgan fingerprint density at radius 2 is 2.09 bits per heavy atom. The SMILES string of the molecule is Cc1nc2ccc(NC(=O)CCc3ccccc3F)cc2o1. The molecule has 112 valence electrons. The molecule has 0 aliphatic rings. The highest BCUT2D eigenvalue weighted by molar-refractivity contribution is 5.92. The van der Waals surface area contributed by atoms with Gasteiger partial charge in [-0.1, -0.05) is 18.2 Å². The Bertz CT molecular complexity index is 826. The van der Waals surface area contributed by atoms with E-state index in [1.54, 1.807) is 43.3 Å². The molecule has 1 N–H and O–H groups in total. The topological polar surface area (TPSA) is 55.1 Å². The summed E-state index contributed by atoms with van der Waals surface area (Å²) in [6.45, 7) is 1.77. The van der Waals surface area contributed by atoms with Crippen LogP contribution in [0, 0.1) is 12.7 Å². The average molecular weight is 298 g/mol. The lowest BCUT2D eigenvalue weighted by Gasteiger charge is -2.05. The van der Waals surface area contributed by atoms with Crippen LogP contribution in [0.5, 0.6) is 0 Å². The van der Waals surface area contributed by atoms with Crippen LogP contribution >= 0.6 is 0 Å². The van der Waals surface area contributed by atoms with Crippen molar-refractivity contribution in [3.05, 3.63) is 59.7 Å². The van der Waals surface area contributed by atoms with Crippen LogP contribution < -0.4 is 5.32 Å². The molecule has 0 spiro atoms. The van der Waals surface area contributed by atoms with Crippen molar-refractivity contribution in [2.75, 3.05) is 5.32 Å². The molecule has 1 amide bonds. The molecule has 5 heteroatoms. The van der Waals surface area contributed by atoms with Gasteiger partial charge in [-0.05, 0) is 30.2 Å². The van der Waals surface area contributed by atoms with Crippen molar-refractivity contribution < 1.29 is 13.6 Å². The van der Waals surface area contributed by atoms with Gasteiger partial charge in [-0.2, -0.15) is 0 Å². The Labute approximate surface area is 127 Å². The van der Waals surface area contributed by atoms with Crippen molar-refractivity contribution in [3.63, 3.8) is 0 Å². The number of carbonyl (C=O) groups excluding carboxylic acids is 1. The lowest BCUT2D eigenvalue weighted by molar-refractivity contribution is -0.116. The first-order valence-corrected chi connectivity index (χ1v) is 7.02. The van der Waals surface area contributed by atoms with Gasteiger partial charge in [0.15, 0.2) is 11.5 Å². The number of nitrogens with one attached hydrogen (secondary N) is 1. The quantitative estimate of drug-likeness (QED) is 0.796. The van der Waals surface area contributed by atoms with Crippen LogP contribution in [-0.4, -0.2) is 10.9 Å². The molecule has 4 nitrogen and oxygen atoms in total. The van der Waals surface area contributed by atoms with Crippen LogP contribution in [0.2, 0.25) is 0 Å². The number of anilines is 1. The Hall–Kier alpha value is -2.69. The van der Waals surface area contributed by atoms with Gasteiger partial charge >= 0.3 is 0 Å². The van der Waals surface area contributed by atoms with Crippen molar-refractivity contribution in [1.29, 1.82) is 0 Å². The fraction of sp³-hybridized carbons (Fsp3) is 0.176. The summed E-state index contributed by atoms with van der Waals surface area (Å²) < 4.78 is 18.9. The second-order valence-electron chi connectivity index (χ2n) is 5.05. The number of carbonyl (C=O) groups is 1. The van der Waals surface area contributed by atoms with Crippen molar-refractivity contribution in [3.8, 4) is 0 Å². The number of aromatic nitrogens is 1. The Balaban J connectivity index is 1.64. The number of halogens is 1. The summed E-state index contributed by atoms with van der Waals surface area (Å²) in [5, 5.41) is 2.78. The fourth-order valence-corrected chi connectivity index (χ4v) is 2.29. The van der Waals surface area contributed by atoms with E-state index in [0.29, 0.717) is 29.1 Å². The van der Waals surface area contributed by atoms with Crippen LogP contribution in [0.4, 0.5) is 10.1 Å². The van der Waals surface area contributed by atoms with E-state index in [0.717, 1.165) is 5.52 Å². The zero-order chi connectivity index (χ0) is 15.5. The van der Waals surface area contributed by atoms with E-state index >= 15 is 0 Å². The molecular formula is C17H15FN2O2. The van der Waals surface area contributed by atoms with Crippen LogP contribution in [-0.2, 0) is 11.2 Å². The van der Waals surface area contributed by atoms with Crippen molar-refractivity contribution in [2.45, 2.75) is 19.8 Å². The van der Waals surface area contributed by atoms with Crippen molar-refractivity contribution >= 4 is 22.7 Å². The number of hydrogen-bond acceptors (Lipinski definition) is 3. The van der Waals surface area contributed by atoms with E-state index < -0.39 is 0 Å². The molecule has 0 saturated heterocycles. The van der Waals surface area contributed by atoms with E-state index in [-0.39, 0.29) is 18.1 Å². The van der Waals surface area contributed by atoms with Crippen LogP contribution in [0.25, 0.3) is 11.1 Å². The molecule has 0 fully saturated rings. The number of benzene rings is 2. The number of nitrogens with zero attached hydrogens (tertiary/aromatic N) is 1. The fourth-order valence-electron chi connectivity index (χ4n) is 2.29. The summed E-state index contributed by atoms with van der Waals surface area (Å²) in [7, 11) is 0. The molecule has 22 heavy (non-hydrogen) atoms. The molecule has 3 aromatic rings. The second-order valence-corrected chi connectivity index (χ2v) is 5.05. The van der Waals surface area contributed by atoms with Crippen LogP contribution in [0.15, 0.2) is 46.9 Å². The van der Waals surface area contributed by atoms with Gasteiger partial charge in [-0.3, -0.25) is 4.79 Å². The van der Waals surface area contributed by atoms with Crippen LogP contribution in [0.3, 0.4) is 0 Å². The minimum atomic E-state index is -0.283. The molecule has 3 rings (SSSR count). The highest BCUT2D eigenvalue weighted by Crippen LogP contribution is 2.20. The van der Waals surface area contributed by atoms with Gasteiger partial charge in [0.25, 0.3) is 0 Å². The Morgan fingerprint density at radius 3 is 2.91 bits per heavy atom. The van der Waals surface area contributed by atoms with Gasteiger partial charge in [-0.15, -0.1) is 0 Å². The summed E-state index contributed by atoms with van der Waals surface area (Å²) >= 11 is 0. The first-order chi connectivity index (χ1) is 10.6. The molecule has 0 aliphatic carbocycles.